The summed E-state index contributed by atoms with van der Waals surface area (Å²) in [5, 5.41) is 0. The minimum Gasteiger partial charge on any atom is -0.340 e. The molecule has 2 aliphatic heterocycles. The van der Waals surface area contributed by atoms with Gasteiger partial charge in [-0.15, -0.1) is 0 Å². The van der Waals surface area contributed by atoms with Crippen molar-refractivity contribution < 1.29 is 4.79 Å². The van der Waals surface area contributed by atoms with Gasteiger partial charge in [-0.25, -0.2) is 0 Å². The first-order valence-corrected chi connectivity index (χ1v) is 9.88. The van der Waals surface area contributed by atoms with E-state index in [1.165, 1.54) is 16.7 Å². The SMILES string of the molecule is CN1Cc2ccccc2CC1C(=O)N1CCCN(Cc2ccncc2)CC1. The second kappa shape index (κ2) is 8.19. The maximum atomic E-state index is 13.2. The molecule has 1 saturated heterocycles. The van der Waals surface area contributed by atoms with E-state index >= 15 is 0 Å². The van der Waals surface area contributed by atoms with Gasteiger partial charge in [-0.2, -0.15) is 0 Å². The van der Waals surface area contributed by atoms with Crippen LogP contribution in [-0.4, -0.2) is 64.9 Å². The number of hydrogen-bond donors (Lipinski definition) is 0. The fourth-order valence-electron chi connectivity index (χ4n) is 4.24. The Labute approximate surface area is 161 Å². The fourth-order valence-corrected chi connectivity index (χ4v) is 4.24. The van der Waals surface area contributed by atoms with Gasteiger partial charge >= 0.3 is 0 Å². The van der Waals surface area contributed by atoms with E-state index in [9.17, 15) is 4.79 Å². The van der Waals surface area contributed by atoms with Gasteiger partial charge in [0, 0.05) is 51.7 Å². The fraction of sp³-hybridized carbons (Fsp3) is 0.455. The van der Waals surface area contributed by atoms with Crippen LogP contribution in [0.5, 0.6) is 0 Å². The summed E-state index contributed by atoms with van der Waals surface area (Å²) in [6, 6.07) is 12.6. The van der Waals surface area contributed by atoms with E-state index in [2.05, 4.69) is 63.1 Å². The number of hydrogen-bond acceptors (Lipinski definition) is 4. The van der Waals surface area contributed by atoms with Gasteiger partial charge in [0.1, 0.15) is 0 Å². The Morgan fingerprint density at radius 1 is 1.04 bits per heavy atom. The molecule has 3 heterocycles. The summed E-state index contributed by atoms with van der Waals surface area (Å²) in [6.45, 7) is 5.43. The molecule has 142 valence electrons. The van der Waals surface area contributed by atoms with Crippen molar-refractivity contribution in [2.24, 2.45) is 0 Å². The van der Waals surface area contributed by atoms with Crippen molar-refractivity contribution in [2.45, 2.75) is 32.0 Å². The maximum absolute atomic E-state index is 13.2. The number of carbonyl (C=O) groups excluding carboxylic acids is 1. The van der Waals surface area contributed by atoms with Crippen LogP contribution in [0, 0.1) is 0 Å². The highest BCUT2D eigenvalue weighted by molar-refractivity contribution is 5.82. The maximum Gasteiger partial charge on any atom is 0.240 e. The lowest BCUT2D eigenvalue weighted by molar-refractivity contribution is -0.137. The number of pyridine rings is 1. The van der Waals surface area contributed by atoms with E-state index in [4.69, 9.17) is 0 Å². The van der Waals surface area contributed by atoms with Gasteiger partial charge < -0.3 is 4.90 Å². The third-order valence-corrected chi connectivity index (χ3v) is 5.82. The minimum atomic E-state index is -0.0355. The summed E-state index contributed by atoms with van der Waals surface area (Å²) in [6.07, 6.45) is 5.55. The lowest BCUT2D eigenvalue weighted by Crippen LogP contribution is -2.50. The molecule has 0 saturated carbocycles. The number of amides is 1. The zero-order valence-electron chi connectivity index (χ0n) is 16.1. The van der Waals surface area contributed by atoms with E-state index in [0.29, 0.717) is 0 Å². The molecule has 1 unspecified atom stereocenters. The molecule has 0 radical (unpaired) electrons. The highest BCUT2D eigenvalue weighted by Crippen LogP contribution is 2.23. The summed E-state index contributed by atoms with van der Waals surface area (Å²) in [7, 11) is 2.08. The van der Waals surface area contributed by atoms with Crippen LogP contribution in [0.2, 0.25) is 0 Å². The van der Waals surface area contributed by atoms with Crippen molar-refractivity contribution in [3.63, 3.8) is 0 Å². The number of carbonyl (C=O) groups is 1. The van der Waals surface area contributed by atoms with Crippen molar-refractivity contribution in [1.82, 2.24) is 19.7 Å². The molecule has 5 nitrogen and oxygen atoms in total. The summed E-state index contributed by atoms with van der Waals surface area (Å²) in [4.78, 5) is 24.1. The zero-order valence-corrected chi connectivity index (χ0v) is 16.1. The van der Waals surface area contributed by atoms with Crippen LogP contribution in [0.1, 0.15) is 23.1 Å². The molecule has 4 rings (SSSR count). The first-order valence-electron chi connectivity index (χ1n) is 9.88. The van der Waals surface area contributed by atoms with E-state index in [1.54, 1.807) is 0 Å². The van der Waals surface area contributed by atoms with Gasteiger partial charge in [0.05, 0.1) is 6.04 Å². The largest absolute Gasteiger partial charge is 0.340 e. The van der Waals surface area contributed by atoms with Crippen LogP contribution < -0.4 is 0 Å². The number of nitrogens with zero attached hydrogens (tertiary/aromatic N) is 4. The smallest absolute Gasteiger partial charge is 0.240 e. The Balaban J connectivity index is 1.38. The number of aromatic nitrogens is 1. The Bertz CT molecular complexity index is 779. The Morgan fingerprint density at radius 3 is 2.63 bits per heavy atom. The Morgan fingerprint density at radius 2 is 1.81 bits per heavy atom. The molecule has 1 atom stereocenters. The number of benzene rings is 1. The van der Waals surface area contributed by atoms with Crippen molar-refractivity contribution in [1.29, 1.82) is 0 Å². The molecule has 2 aliphatic rings. The molecular formula is C22H28N4O. The van der Waals surface area contributed by atoms with Gasteiger partial charge in [0.2, 0.25) is 5.91 Å². The molecule has 1 aromatic heterocycles. The van der Waals surface area contributed by atoms with Crippen LogP contribution in [-0.2, 0) is 24.3 Å². The predicted molar refractivity (Wildman–Crippen MR) is 106 cm³/mol. The molecule has 0 bridgehead atoms. The second-order valence-corrected chi connectivity index (χ2v) is 7.71. The Hall–Kier alpha value is -2.24. The third-order valence-electron chi connectivity index (χ3n) is 5.82. The van der Waals surface area contributed by atoms with Gasteiger partial charge in [-0.1, -0.05) is 24.3 Å². The molecule has 1 fully saturated rings. The number of likely N-dealkylation sites (N-methyl/N-ethyl adjacent to an activating group) is 1. The van der Waals surface area contributed by atoms with Gasteiger partial charge in [-0.3, -0.25) is 19.6 Å². The van der Waals surface area contributed by atoms with Crippen LogP contribution >= 0.6 is 0 Å². The average molecular weight is 364 g/mol. The molecular weight excluding hydrogens is 336 g/mol. The second-order valence-electron chi connectivity index (χ2n) is 7.71. The van der Waals surface area contributed by atoms with E-state index < -0.39 is 0 Å². The molecule has 27 heavy (non-hydrogen) atoms. The van der Waals surface area contributed by atoms with Crippen molar-refractivity contribution in [3.05, 3.63) is 65.5 Å². The summed E-state index contributed by atoms with van der Waals surface area (Å²) in [5.41, 5.74) is 3.96. The topological polar surface area (TPSA) is 39.7 Å². The lowest BCUT2D eigenvalue weighted by Gasteiger charge is -2.36. The van der Waals surface area contributed by atoms with Crippen LogP contribution in [0.25, 0.3) is 0 Å². The average Bonchev–Trinajstić information content (AvgIpc) is 2.93. The van der Waals surface area contributed by atoms with Crippen molar-refractivity contribution >= 4 is 5.91 Å². The Kier molecular flexibility index (Phi) is 5.50. The van der Waals surface area contributed by atoms with Crippen LogP contribution in [0.3, 0.4) is 0 Å². The normalized spacial score (nSPS) is 21.5. The molecule has 2 aromatic rings. The first kappa shape index (κ1) is 18.1. The number of fused-ring (bicyclic) bond motifs is 1. The third kappa shape index (κ3) is 4.20. The minimum absolute atomic E-state index is 0.0355. The van der Waals surface area contributed by atoms with E-state index in [-0.39, 0.29) is 11.9 Å². The highest BCUT2D eigenvalue weighted by atomic mass is 16.2. The standard InChI is InChI=1S/C22H28N4O/c1-24-17-20-6-3-2-5-19(20)15-21(24)22(27)26-12-4-11-25(13-14-26)16-18-7-9-23-10-8-18/h2-3,5-10,21H,4,11-17H2,1H3. The molecule has 0 N–H and O–H groups in total. The van der Waals surface area contributed by atoms with Crippen molar-refractivity contribution in [3.8, 4) is 0 Å². The zero-order chi connectivity index (χ0) is 18.6. The predicted octanol–water partition coefficient (Wildman–Crippen LogP) is 2.17. The summed E-state index contributed by atoms with van der Waals surface area (Å²) >= 11 is 0. The summed E-state index contributed by atoms with van der Waals surface area (Å²) in [5.74, 6) is 0.290. The highest BCUT2D eigenvalue weighted by Gasteiger charge is 2.32. The first-order chi connectivity index (χ1) is 13.2. The van der Waals surface area contributed by atoms with Gasteiger partial charge in [0.15, 0.2) is 0 Å². The molecule has 1 amide bonds. The van der Waals surface area contributed by atoms with Gasteiger partial charge in [0.25, 0.3) is 0 Å². The van der Waals surface area contributed by atoms with Crippen LogP contribution in [0.4, 0.5) is 0 Å². The molecule has 5 heteroatoms. The summed E-state index contributed by atoms with van der Waals surface area (Å²) < 4.78 is 0. The molecule has 0 aliphatic carbocycles. The monoisotopic (exact) mass is 364 g/mol. The lowest BCUT2D eigenvalue weighted by atomic mass is 9.93. The number of rotatable bonds is 3. The molecule has 0 spiro atoms. The van der Waals surface area contributed by atoms with Crippen LogP contribution in [0.15, 0.2) is 48.8 Å². The van der Waals surface area contributed by atoms with Gasteiger partial charge in [-0.05, 0) is 48.7 Å². The van der Waals surface area contributed by atoms with Crippen molar-refractivity contribution in [2.75, 3.05) is 33.2 Å². The molecule has 1 aromatic carbocycles. The van der Waals surface area contributed by atoms with E-state index in [1.807, 2.05) is 12.4 Å². The van der Waals surface area contributed by atoms with E-state index in [0.717, 1.165) is 52.1 Å². The quantitative estimate of drug-likeness (QED) is 0.837.